The molecule has 0 aliphatic carbocycles. The molecular formula is C26H38N6O6. The molecule has 2 fully saturated rings. The summed E-state index contributed by atoms with van der Waals surface area (Å²) < 4.78 is 5.08. The highest BCUT2D eigenvalue weighted by molar-refractivity contribution is 5.83. The Morgan fingerprint density at radius 1 is 1.08 bits per heavy atom. The standard InChI is InChI=1S/C26H38N6O6/c33-22(29-16-21(24(35)36)30-26(37)38-17-18-4-2-1-3-5-18)19-6-12-31(13-7-19)23(34)20-8-14-32(15-9-20)25-27-10-11-28-25/h1-5,19-21,23,34H,6-17H2,(H,27,28)(H,29,33)(H,30,37)(H,35,36)/t21-,23?/m0/s1. The zero-order valence-electron chi connectivity index (χ0n) is 21.6. The maximum absolute atomic E-state index is 12.7. The van der Waals surface area contributed by atoms with Crippen LogP contribution >= 0.6 is 0 Å². The van der Waals surface area contributed by atoms with Gasteiger partial charge < -0.3 is 35.8 Å². The summed E-state index contributed by atoms with van der Waals surface area (Å²) in [6.45, 7) is 4.40. The molecule has 2 amide bonds. The number of hydrogen-bond acceptors (Lipinski definition) is 9. The number of benzene rings is 1. The van der Waals surface area contributed by atoms with E-state index in [0.717, 1.165) is 50.5 Å². The normalized spacial score (nSPS) is 20.7. The Hall–Kier alpha value is -3.38. The molecule has 1 aromatic carbocycles. The summed E-state index contributed by atoms with van der Waals surface area (Å²) in [4.78, 5) is 45.1. The number of likely N-dealkylation sites (tertiary alicyclic amines) is 2. The van der Waals surface area contributed by atoms with E-state index in [2.05, 4.69) is 25.8 Å². The van der Waals surface area contributed by atoms with Gasteiger partial charge in [-0.25, -0.2) is 9.59 Å². The predicted molar refractivity (Wildman–Crippen MR) is 139 cm³/mol. The van der Waals surface area contributed by atoms with Gasteiger partial charge in [-0.2, -0.15) is 0 Å². The monoisotopic (exact) mass is 530 g/mol. The summed E-state index contributed by atoms with van der Waals surface area (Å²) in [5.74, 6) is -0.632. The Morgan fingerprint density at radius 3 is 2.42 bits per heavy atom. The highest BCUT2D eigenvalue weighted by Gasteiger charge is 2.34. The van der Waals surface area contributed by atoms with Crippen molar-refractivity contribution in [1.29, 1.82) is 0 Å². The zero-order valence-corrected chi connectivity index (χ0v) is 21.6. The van der Waals surface area contributed by atoms with Crippen LogP contribution in [0, 0.1) is 11.8 Å². The molecule has 12 nitrogen and oxygen atoms in total. The number of hydrogen-bond donors (Lipinski definition) is 5. The van der Waals surface area contributed by atoms with Gasteiger partial charge in [0.2, 0.25) is 5.91 Å². The fraction of sp³-hybridized carbons (Fsp3) is 0.615. The Morgan fingerprint density at radius 2 is 1.79 bits per heavy atom. The second-order valence-electron chi connectivity index (χ2n) is 10.0. The summed E-state index contributed by atoms with van der Waals surface area (Å²) in [6, 6.07) is 7.74. The van der Waals surface area contributed by atoms with Crippen LogP contribution in [0.2, 0.25) is 0 Å². The van der Waals surface area contributed by atoms with Crippen LogP contribution in [0.25, 0.3) is 0 Å². The number of piperidine rings is 2. The Labute approximate surface area is 222 Å². The van der Waals surface area contributed by atoms with Crippen molar-refractivity contribution < 1.29 is 29.3 Å². The number of nitrogens with zero attached hydrogens (tertiary/aromatic N) is 3. The third kappa shape index (κ3) is 7.57. The van der Waals surface area contributed by atoms with Gasteiger partial charge in [-0.05, 0) is 31.2 Å². The topological polar surface area (TPSA) is 156 Å². The number of carbonyl (C=O) groups is 3. The van der Waals surface area contributed by atoms with E-state index in [1.807, 2.05) is 23.1 Å². The lowest BCUT2D eigenvalue weighted by atomic mass is 9.91. The number of aliphatic hydroxyl groups excluding tert-OH is 1. The van der Waals surface area contributed by atoms with E-state index in [1.54, 1.807) is 12.1 Å². The highest BCUT2D eigenvalue weighted by Crippen LogP contribution is 2.27. The number of carbonyl (C=O) groups excluding carboxylic acids is 2. The second-order valence-corrected chi connectivity index (χ2v) is 10.0. The molecule has 3 aliphatic heterocycles. The molecule has 1 unspecified atom stereocenters. The van der Waals surface area contributed by atoms with Gasteiger partial charge in [0.1, 0.15) is 18.9 Å². The van der Waals surface area contributed by atoms with Gasteiger partial charge in [0.15, 0.2) is 5.96 Å². The van der Waals surface area contributed by atoms with Crippen LogP contribution in [0.15, 0.2) is 35.3 Å². The summed E-state index contributed by atoms with van der Waals surface area (Å²) in [5.41, 5.74) is 0.779. The minimum absolute atomic E-state index is 0.0153. The maximum Gasteiger partial charge on any atom is 0.408 e. The van der Waals surface area contributed by atoms with Crippen LogP contribution in [0.4, 0.5) is 4.79 Å². The van der Waals surface area contributed by atoms with Crippen molar-refractivity contribution in [1.82, 2.24) is 25.8 Å². The summed E-state index contributed by atoms with van der Waals surface area (Å²) in [7, 11) is 0. The highest BCUT2D eigenvalue weighted by atomic mass is 16.5. The SMILES string of the molecule is O=C(N[C@@H](CNC(=O)C1CCN(C(O)C2CCN(C3=NCCN3)CC2)CC1)C(=O)O)OCc1ccccc1. The van der Waals surface area contributed by atoms with Crippen LogP contribution in [-0.2, 0) is 20.9 Å². The number of ether oxygens (including phenoxy) is 1. The Balaban J connectivity index is 1.15. The molecule has 208 valence electrons. The molecule has 4 rings (SSSR count). The molecule has 2 atom stereocenters. The zero-order chi connectivity index (χ0) is 26.9. The summed E-state index contributed by atoms with van der Waals surface area (Å²) in [5, 5.41) is 28.7. The van der Waals surface area contributed by atoms with Crippen molar-refractivity contribution in [2.24, 2.45) is 16.8 Å². The van der Waals surface area contributed by atoms with E-state index in [1.165, 1.54) is 0 Å². The van der Waals surface area contributed by atoms with Gasteiger partial charge in [-0.15, -0.1) is 0 Å². The third-order valence-electron chi connectivity index (χ3n) is 7.48. The van der Waals surface area contributed by atoms with Crippen LogP contribution in [0.1, 0.15) is 31.2 Å². The number of aliphatic hydroxyl groups is 1. The second kappa shape index (κ2) is 13.4. The van der Waals surface area contributed by atoms with Crippen molar-refractivity contribution in [3.05, 3.63) is 35.9 Å². The number of carboxylic acid groups (broad SMARTS) is 1. The molecule has 3 heterocycles. The Kier molecular flexibility index (Phi) is 9.77. The number of rotatable bonds is 9. The molecule has 2 saturated heterocycles. The van der Waals surface area contributed by atoms with Crippen LogP contribution in [0.3, 0.4) is 0 Å². The quantitative estimate of drug-likeness (QED) is 0.301. The number of aliphatic carboxylic acids is 1. The summed E-state index contributed by atoms with van der Waals surface area (Å²) in [6.07, 6.45) is 1.52. The predicted octanol–water partition coefficient (Wildman–Crippen LogP) is 0.184. The molecule has 0 radical (unpaired) electrons. The minimum atomic E-state index is -1.31. The fourth-order valence-electron chi connectivity index (χ4n) is 5.19. The number of guanidine groups is 1. The average molecular weight is 531 g/mol. The smallest absolute Gasteiger partial charge is 0.408 e. The van der Waals surface area contributed by atoms with Crippen molar-refractivity contribution >= 4 is 23.9 Å². The van der Waals surface area contributed by atoms with E-state index >= 15 is 0 Å². The molecule has 5 N–H and O–H groups in total. The number of nitrogens with one attached hydrogen (secondary N) is 3. The van der Waals surface area contributed by atoms with Crippen molar-refractivity contribution in [3.8, 4) is 0 Å². The van der Waals surface area contributed by atoms with Gasteiger partial charge in [0.25, 0.3) is 0 Å². The van der Waals surface area contributed by atoms with Crippen LogP contribution < -0.4 is 16.0 Å². The first-order valence-electron chi connectivity index (χ1n) is 13.3. The molecular weight excluding hydrogens is 492 g/mol. The minimum Gasteiger partial charge on any atom is -0.480 e. The molecule has 12 heteroatoms. The number of aliphatic imine (C=N–C) groups is 1. The molecule has 38 heavy (non-hydrogen) atoms. The maximum atomic E-state index is 12.7. The molecule has 0 aromatic heterocycles. The van der Waals surface area contributed by atoms with E-state index in [-0.39, 0.29) is 30.9 Å². The largest absolute Gasteiger partial charge is 0.480 e. The number of alkyl carbamates (subject to hydrolysis) is 1. The lowest BCUT2D eigenvalue weighted by molar-refractivity contribution is -0.139. The van der Waals surface area contributed by atoms with Crippen molar-refractivity contribution in [2.75, 3.05) is 45.8 Å². The van der Waals surface area contributed by atoms with E-state index in [9.17, 15) is 24.6 Å². The molecule has 0 bridgehead atoms. The van der Waals surface area contributed by atoms with Gasteiger partial charge in [0.05, 0.1) is 6.54 Å². The Bertz CT molecular complexity index is 976. The van der Waals surface area contributed by atoms with Crippen LogP contribution in [0.5, 0.6) is 0 Å². The molecule has 3 aliphatic rings. The molecule has 1 aromatic rings. The van der Waals surface area contributed by atoms with Gasteiger partial charge >= 0.3 is 12.1 Å². The first-order valence-corrected chi connectivity index (χ1v) is 13.3. The lowest BCUT2D eigenvalue weighted by Gasteiger charge is -2.41. The molecule has 0 saturated carbocycles. The third-order valence-corrected chi connectivity index (χ3v) is 7.48. The number of carboxylic acids is 1. The van der Waals surface area contributed by atoms with Gasteiger partial charge in [0, 0.05) is 51.1 Å². The fourth-order valence-corrected chi connectivity index (χ4v) is 5.19. The summed E-state index contributed by atoms with van der Waals surface area (Å²) >= 11 is 0. The number of amides is 2. The first-order chi connectivity index (χ1) is 18.4. The first kappa shape index (κ1) is 27.6. The van der Waals surface area contributed by atoms with Crippen molar-refractivity contribution in [3.63, 3.8) is 0 Å². The van der Waals surface area contributed by atoms with E-state index < -0.39 is 24.3 Å². The van der Waals surface area contributed by atoms with Crippen LogP contribution in [-0.4, -0.2) is 102 Å². The lowest BCUT2D eigenvalue weighted by Crippen LogP contribution is -2.52. The average Bonchev–Trinajstić information content (AvgIpc) is 3.49. The van der Waals surface area contributed by atoms with Gasteiger partial charge in [-0.1, -0.05) is 30.3 Å². The van der Waals surface area contributed by atoms with Gasteiger partial charge in [-0.3, -0.25) is 14.7 Å². The van der Waals surface area contributed by atoms with E-state index in [0.29, 0.717) is 25.9 Å². The van der Waals surface area contributed by atoms with E-state index in [4.69, 9.17) is 4.74 Å². The van der Waals surface area contributed by atoms with Crippen molar-refractivity contribution in [2.45, 2.75) is 44.6 Å². The molecule has 0 spiro atoms.